The van der Waals surface area contributed by atoms with E-state index in [0.29, 0.717) is 18.9 Å². The maximum Gasteiger partial charge on any atom is 0.339 e. The van der Waals surface area contributed by atoms with Gasteiger partial charge in [0.15, 0.2) is 6.10 Å². The SMILES string of the molecule is C[C@@H](OC(=O)c1cc(=O)[nH]c2ccc(S(=O)(=O)N3CCOCC3)cc12)C(=O)N(C)c1ccccc1. The van der Waals surface area contributed by atoms with E-state index in [-0.39, 0.29) is 34.5 Å². The molecule has 1 N–H and O–H groups in total. The number of hydrogen-bond donors (Lipinski definition) is 1. The number of carbonyl (C=O) groups excluding carboxylic acids is 2. The van der Waals surface area contributed by atoms with E-state index in [1.165, 1.54) is 34.3 Å². The molecule has 0 bridgehead atoms. The van der Waals surface area contributed by atoms with Gasteiger partial charge in [-0.15, -0.1) is 0 Å². The molecular weight excluding hydrogens is 474 g/mol. The van der Waals surface area contributed by atoms with Gasteiger partial charge in [-0.25, -0.2) is 13.2 Å². The van der Waals surface area contributed by atoms with Crippen molar-refractivity contribution in [3.63, 3.8) is 0 Å². The molecule has 1 aliphatic heterocycles. The summed E-state index contributed by atoms with van der Waals surface area (Å²) in [5.74, 6) is -1.38. The van der Waals surface area contributed by atoms with Crippen LogP contribution in [0.1, 0.15) is 17.3 Å². The number of rotatable bonds is 6. The number of fused-ring (bicyclic) bond motifs is 1. The number of hydrogen-bond acceptors (Lipinski definition) is 7. The summed E-state index contributed by atoms with van der Waals surface area (Å²) in [6.45, 7) is 2.45. The average molecular weight is 500 g/mol. The third-order valence-corrected chi connectivity index (χ3v) is 7.64. The quantitative estimate of drug-likeness (QED) is 0.512. The Bertz CT molecular complexity index is 1410. The van der Waals surface area contributed by atoms with E-state index >= 15 is 0 Å². The number of nitrogens with one attached hydrogen (secondary N) is 1. The number of aromatic nitrogens is 1. The lowest BCUT2D eigenvalue weighted by atomic mass is 10.1. The van der Waals surface area contributed by atoms with Gasteiger partial charge in [0, 0.05) is 42.8 Å². The van der Waals surface area contributed by atoms with E-state index in [9.17, 15) is 22.8 Å². The van der Waals surface area contributed by atoms with Crippen molar-refractivity contribution < 1.29 is 27.5 Å². The minimum absolute atomic E-state index is 0.0269. The predicted octanol–water partition coefficient (Wildman–Crippen LogP) is 1.76. The highest BCUT2D eigenvalue weighted by Gasteiger charge is 2.28. The minimum atomic E-state index is -3.84. The number of pyridine rings is 1. The normalized spacial score (nSPS) is 15.5. The van der Waals surface area contributed by atoms with E-state index in [4.69, 9.17) is 9.47 Å². The average Bonchev–Trinajstić information content (AvgIpc) is 2.87. The summed E-state index contributed by atoms with van der Waals surface area (Å²) in [6.07, 6.45) is -1.15. The maximum atomic E-state index is 13.1. The summed E-state index contributed by atoms with van der Waals surface area (Å²) in [7, 11) is -2.27. The number of para-hydroxylation sites is 1. The second-order valence-corrected chi connectivity index (χ2v) is 9.99. The fourth-order valence-corrected chi connectivity index (χ4v) is 5.26. The summed E-state index contributed by atoms with van der Waals surface area (Å²) >= 11 is 0. The van der Waals surface area contributed by atoms with Crippen LogP contribution < -0.4 is 10.5 Å². The van der Waals surface area contributed by atoms with Gasteiger partial charge in [-0.05, 0) is 37.3 Å². The number of carbonyl (C=O) groups is 2. The Morgan fingerprint density at radius 1 is 1.09 bits per heavy atom. The highest BCUT2D eigenvalue weighted by atomic mass is 32.2. The first-order valence-electron chi connectivity index (χ1n) is 11.0. The monoisotopic (exact) mass is 499 g/mol. The third kappa shape index (κ3) is 5.11. The summed E-state index contributed by atoms with van der Waals surface area (Å²) in [5.41, 5.74) is 0.198. The van der Waals surface area contributed by atoms with Crippen LogP contribution in [-0.2, 0) is 24.3 Å². The Morgan fingerprint density at radius 2 is 1.77 bits per heavy atom. The molecule has 184 valence electrons. The molecule has 1 aromatic heterocycles. The Labute approximate surface area is 202 Å². The molecular formula is C24H25N3O7S. The topological polar surface area (TPSA) is 126 Å². The van der Waals surface area contributed by atoms with Gasteiger partial charge in [0.25, 0.3) is 5.91 Å². The summed E-state index contributed by atoms with van der Waals surface area (Å²) in [4.78, 5) is 41.9. The van der Waals surface area contributed by atoms with E-state index in [1.807, 2.05) is 6.07 Å². The van der Waals surface area contributed by atoms with Gasteiger partial charge in [-0.3, -0.25) is 9.59 Å². The van der Waals surface area contributed by atoms with Gasteiger partial charge in [-0.2, -0.15) is 4.31 Å². The van der Waals surface area contributed by atoms with E-state index < -0.39 is 33.6 Å². The molecule has 0 aliphatic carbocycles. The standard InChI is InChI=1S/C24H25N3O7S/c1-16(23(29)26(2)17-6-4-3-5-7-17)34-24(30)20-15-22(28)25-21-9-8-18(14-19(20)21)35(31,32)27-10-12-33-13-11-27/h3-9,14-16H,10-13H2,1-2H3,(H,25,28)/t16-/m1/s1. The smallest absolute Gasteiger partial charge is 0.339 e. The van der Waals surface area contributed by atoms with Crippen molar-refractivity contribution >= 4 is 38.5 Å². The zero-order valence-electron chi connectivity index (χ0n) is 19.3. The first-order valence-corrected chi connectivity index (χ1v) is 12.4. The third-order valence-electron chi connectivity index (χ3n) is 5.75. The van der Waals surface area contributed by atoms with Crippen LogP contribution in [0.5, 0.6) is 0 Å². The lowest BCUT2D eigenvalue weighted by Gasteiger charge is -2.26. The molecule has 1 amide bonds. The van der Waals surface area contributed by atoms with E-state index in [0.717, 1.165) is 6.07 Å². The fraction of sp³-hybridized carbons (Fsp3) is 0.292. The Kier molecular flexibility index (Phi) is 7.01. The van der Waals surface area contributed by atoms with Gasteiger partial charge in [0.2, 0.25) is 15.6 Å². The van der Waals surface area contributed by atoms with Crippen LogP contribution in [0.15, 0.2) is 64.3 Å². The molecule has 1 atom stereocenters. The maximum absolute atomic E-state index is 13.1. The molecule has 0 spiro atoms. The van der Waals surface area contributed by atoms with Crippen LogP contribution in [0.3, 0.4) is 0 Å². The van der Waals surface area contributed by atoms with Gasteiger partial charge in [0.05, 0.1) is 23.7 Å². The number of esters is 1. The van der Waals surface area contributed by atoms with Gasteiger partial charge in [-0.1, -0.05) is 18.2 Å². The molecule has 1 aliphatic rings. The van der Waals surface area contributed by atoms with Crippen molar-refractivity contribution in [2.24, 2.45) is 0 Å². The number of nitrogens with zero attached hydrogens (tertiary/aromatic N) is 2. The van der Waals surface area contributed by atoms with Crippen LogP contribution in [-0.4, -0.2) is 69.0 Å². The Morgan fingerprint density at radius 3 is 2.46 bits per heavy atom. The molecule has 35 heavy (non-hydrogen) atoms. The van der Waals surface area contributed by atoms with Crippen LogP contribution in [0.4, 0.5) is 5.69 Å². The van der Waals surface area contributed by atoms with Gasteiger partial charge in [0.1, 0.15) is 0 Å². The summed E-state index contributed by atoms with van der Waals surface area (Å²) in [6, 6.07) is 14.0. The van der Waals surface area contributed by atoms with Crippen molar-refractivity contribution in [2.45, 2.75) is 17.9 Å². The Balaban J connectivity index is 1.63. The number of ether oxygens (including phenoxy) is 2. The lowest BCUT2D eigenvalue weighted by Crippen LogP contribution is -2.40. The molecule has 10 nitrogen and oxygen atoms in total. The summed E-state index contributed by atoms with van der Waals surface area (Å²) < 4.78 is 38.1. The molecule has 4 rings (SSSR count). The number of aromatic amines is 1. The van der Waals surface area contributed by atoms with E-state index in [1.54, 1.807) is 31.3 Å². The fourth-order valence-electron chi connectivity index (χ4n) is 3.82. The molecule has 2 heterocycles. The molecule has 0 saturated carbocycles. The molecule has 0 unspecified atom stereocenters. The predicted molar refractivity (Wildman–Crippen MR) is 129 cm³/mol. The van der Waals surface area contributed by atoms with Crippen molar-refractivity contribution in [3.8, 4) is 0 Å². The number of benzene rings is 2. The second-order valence-electron chi connectivity index (χ2n) is 8.05. The van der Waals surface area contributed by atoms with Crippen LogP contribution in [0, 0.1) is 0 Å². The number of amides is 1. The first-order chi connectivity index (χ1) is 16.7. The van der Waals surface area contributed by atoms with Crippen molar-refractivity contribution in [1.82, 2.24) is 9.29 Å². The minimum Gasteiger partial charge on any atom is -0.449 e. The van der Waals surface area contributed by atoms with Crippen LogP contribution in [0.25, 0.3) is 10.9 Å². The number of morpholine rings is 1. The highest BCUT2D eigenvalue weighted by molar-refractivity contribution is 7.89. The van der Waals surface area contributed by atoms with Gasteiger partial charge >= 0.3 is 5.97 Å². The molecule has 2 aromatic carbocycles. The number of likely N-dealkylation sites (N-methyl/N-ethyl adjacent to an activating group) is 1. The zero-order valence-corrected chi connectivity index (χ0v) is 20.1. The van der Waals surface area contributed by atoms with Crippen molar-refractivity contribution in [3.05, 3.63) is 70.5 Å². The zero-order chi connectivity index (χ0) is 25.2. The number of anilines is 1. The highest BCUT2D eigenvalue weighted by Crippen LogP contribution is 2.24. The lowest BCUT2D eigenvalue weighted by molar-refractivity contribution is -0.126. The van der Waals surface area contributed by atoms with Crippen LogP contribution in [0.2, 0.25) is 0 Å². The second kappa shape index (κ2) is 9.98. The van der Waals surface area contributed by atoms with Crippen molar-refractivity contribution in [2.75, 3.05) is 38.3 Å². The van der Waals surface area contributed by atoms with Crippen molar-refractivity contribution in [1.29, 1.82) is 0 Å². The van der Waals surface area contributed by atoms with E-state index in [2.05, 4.69) is 4.98 Å². The molecule has 1 fully saturated rings. The largest absolute Gasteiger partial charge is 0.449 e. The number of H-pyrrole nitrogens is 1. The molecule has 0 radical (unpaired) electrons. The first kappa shape index (κ1) is 24.6. The molecule has 3 aromatic rings. The van der Waals surface area contributed by atoms with Crippen LogP contribution >= 0.6 is 0 Å². The molecule has 1 saturated heterocycles. The molecule has 11 heteroatoms. The number of sulfonamides is 1. The summed E-state index contributed by atoms with van der Waals surface area (Å²) in [5, 5.41) is 0.194. The Hall–Kier alpha value is -3.54. The van der Waals surface area contributed by atoms with Gasteiger partial charge < -0.3 is 19.4 Å².